The minimum absolute atomic E-state index is 0.0298. The number of pyridine rings is 1. The van der Waals surface area contributed by atoms with Crippen molar-refractivity contribution in [3.05, 3.63) is 70.1 Å². The van der Waals surface area contributed by atoms with Crippen molar-refractivity contribution in [2.45, 2.75) is 51.1 Å². The molecule has 0 aliphatic rings. The Kier molecular flexibility index (Phi) is 5.52. The Bertz CT molecular complexity index is 1320. The summed E-state index contributed by atoms with van der Waals surface area (Å²) in [4.78, 5) is 30.5. The van der Waals surface area contributed by atoms with E-state index >= 15 is 0 Å². The lowest BCUT2D eigenvalue weighted by molar-refractivity contribution is 0.0994. The lowest BCUT2D eigenvalue weighted by atomic mass is 10.1. The van der Waals surface area contributed by atoms with Gasteiger partial charge >= 0.3 is 5.69 Å². The van der Waals surface area contributed by atoms with Crippen LogP contribution in [0.1, 0.15) is 36.7 Å². The number of thioether (sulfide) groups is 1. The smallest absolute Gasteiger partial charge is 0.293 e. The van der Waals surface area contributed by atoms with Gasteiger partial charge in [-0.2, -0.15) is 0 Å². The molecule has 0 fully saturated rings. The van der Waals surface area contributed by atoms with Crippen LogP contribution < -0.4 is 5.69 Å². The van der Waals surface area contributed by atoms with Crippen molar-refractivity contribution in [3.63, 3.8) is 0 Å². The number of rotatable bonds is 6. The summed E-state index contributed by atoms with van der Waals surface area (Å²) < 4.78 is 3.47. The van der Waals surface area contributed by atoms with E-state index in [2.05, 4.69) is 13.0 Å². The van der Waals surface area contributed by atoms with Crippen LogP contribution in [0.5, 0.6) is 0 Å². The highest BCUT2D eigenvalue weighted by atomic mass is 32.2. The van der Waals surface area contributed by atoms with E-state index in [1.54, 1.807) is 9.13 Å². The van der Waals surface area contributed by atoms with Crippen molar-refractivity contribution in [2.75, 3.05) is 0 Å². The molecule has 4 rings (SSSR count). The van der Waals surface area contributed by atoms with Crippen LogP contribution in [0.4, 0.5) is 0 Å². The number of carbonyl (C=O) groups is 1. The fourth-order valence-electron chi connectivity index (χ4n) is 3.93. The predicted octanol–water partition coefficient (Wildman–Crippen LogP) is 5.06. The van der Waals surface area contributed by atoms with E-state index in [0.717, 1.165) is 32.5 Å². The molecule has 6 heteroatoms. The van der Waals surface area contributed by atoms with Gasteiger partial charge < -0.3 is 0 Å². The summed E-state index contributed by atoms with van der Waals surface area (Å²) in [5.74, 6) is 0.0360. The van der Waals surface area contributed by atoms with Crippen LogP contribution in [0.25, 0.3) is 21.9 Å². The third kappa shape index (κ3) is 3.45. The summed E-state index contributed by atoms with van der Waals surface area (Å²) in [7, 11) is 0. The molecule has 0 saturated heterocycles. The maximum absolute atomic E-state index is 13.2. The van der Waals surface area contributed by atoms with Crippen LogP contribution in [0.15, 0.2) is 58.4 Å². The standard InChI is InChI=1S/C24H25N3O2S/c1-5-26-20-12-11-17(14-21(20)27(6-2)24(26)29)23(28)16(4)30-22-13-15(3)18-9-7-8-10-19(18)25-22/h7-14,16H,5-6H2,1-4H3. The minimum Gasteiger partial charge on any atom is -0.293 e. The number of aryl methyl sites for hydroxylation is 3. The first-order valence-electron chi connectivity index (χ1n) is 10.2. The van der Waals surface area contributed by atoms with Gasteiger partial charge in [-0.3, -0.25) is 13.9 Å². The van der Waals surface area contributed by atoms with Crippen molar-refractivity contribution in [2.24, 2.45) is 0 Å². The number of Topliss-reactive ketones (excluding diaryl/α,β-unsaturated/α-hetero) is 1. The Hall–Kier alpha value is -2.86. The van der Waals surface area contributed by atoms with Crippen LogP contribution in [0.3, 0.4) is 0 Å². The molecule has 5 nitrogen and oxygen atoms in total. The lowest BCUT2D eigenvalue weighted by Gasteiger charge is -2.12. The van der Waals surface area contributed by atoms with Gasteiger partial charge in [0.05, 0.1) is 26.8 Å². The van der Waals surface area contributed by atoms with Crippen molar-refractivity contribution < 1.29 is 4.79 Å². The quantitative estimate of drug-likeness (QED) is 0.324. The molecular formula is C24H25N3O2S. The highest BCUT2D eigenvalue weighted by molar-refractivity contribution is 8.00. The number of fused-ring (bicyclic) bond motifs is 2. The second-order valence-corrected chi connectivity index (χ2v) is 8.75. The first-order chi connectivity index (χ1) is 14.4. The number of para-hydroxylation sites is 1. The second-order valence-electron chi connectivity index (χ2n) is 7.39. The molecule has 2 heterocycles. The summed E-state index contributed by atoms with van der Waals surface area (Å²) in [5.41, 5.74) is 4.36. The van der Waals surface area contributed by atoms with E-state index in [1.165, 1.54) is 11.8 Å². The summed E-state index contributed by atoms with van der Waals surface area (Å²) in [6.07, 6.45) is 0. The Labute approximate surface area is 179 Å². The maximum atomic E-state index is 13.2. The van der Waals surface area contributed by atoms with Gasteiger partial charge in [0, 0.05) is 24.0 Å². The van der Waals surface area contributed by atoms with Gasteiger partial charge in [-0.1, -0.05) is 30.0 Å². The summed E-state index contributed by atoms with van der Waals surface area (Å²) >= 11 is 1.47. The van der Waals surface area contributed by atoms with Gasteiger partial charge in [0.2, 0.25) is 0 Å². The van der Waals surface area contributed by atoms with Gasteiger partial charge in [0.1, 0.15) is 0 Å². The first kappa shape index (κ1) is 20.4. The molecule has 1 atom stereocenters. The highest BCUT2D eigenvalue weighted by Gasteiger charge is 2.20. The van der Waals surface area contributed by atoms with E-state index < -0.39 is 0 Å². The molecule has 0 spiro atoms. The monoisotopic (exact) mass is 419 g/mol. The minimum atomic E-state index is -0.287. The van der Waals surface area contributed by atoms with E-state index in [4.69, 9.17) is 4.98 Å². The number of ketones is 1. The van der Waals surface area contributed by atoms with Crippen molar-refractivity contribution >= 4 is 39.5 Å². The molecule has 0 N–H and O–H groups in total. The Morgan fingerprint density at radius 3 is 2.47 bits per heavy atom. The number of hydrogen-bond donors (Lipinski definition) is 0. The normalized spacial score (nSPS) is 12.5. The molecule has 0 aliphatic carbocycles. The number of carbonyl (C=O) groups excluding carboxylic acids is 1. The molecule has 0 amide bonds. The molecule has 0 bridgehead atoms. The number of nitrogens with zero attached hydrogens (tertiary/aromatic N) is 3. The van der Waals surface area contributed by atoms with Crippen LogP contribution in [0, 0.1) is 6.92 Å². The second kappa shape index (κ2) is 8.11. The maximum Gasteiger partial charge on any atom is 0.329 e. The van der Waals surface area contributed by atoms with E-state index in [9.17, 15) is 9.59 Å². The fraction of sp³-hybridized carbons (Fsp3) is 0.292. The third-order valence-corrected chi connectivity index (χ3v) is 6.52. The van der Waals surface area contributed by atoms with Crippen molar-refractivity contribution in [1.29, 1.82) is 0 Å². The van der Waals surface area contributed by atoms with E-state index in [-0.39, 0.29) is 16.7 Å². The van der Waals surface area contributed by atoms with Crippen molar-refractivity contribution in [1.82, 2.24) is 14.1 Å². The van der Waals surface area contributed by atoms with E-state index in [1.807, 2.05) is 63.2 Å². The van der Waals surface area contributed by atoms with Gasteiger partial charge in [-0.25, -0.2) is 9.78 Å². The summed E-state index contributed by atoms with van der Waals surface area (Å²) in [6, 6.07) is 15.6. The van der Waals surface area contributed by atoms with Crippen LogP contribution in [-0.2, 0) is 13.1 Å². The van der Waals surface area contributed by atoms with Gasteiger partial charge in [-0.15, -0.1) is 0 Å². The van der Waals surface area contributed by atoms with E-state index in [0.29, 0.717) is 18.7 Å². The number of benzene rings is 2. The zero-order chi connectivity index (χ0) is 21.4. The molecular weight excluding hydrogens is 394 g/mol. The zero-order valence-corrected chi connectivity index (χ0v) is 18.5. The summed E-state index contributed by atoms with van der Waals surface area (Å²) in [5, 5.41) is 1.69. The molecule has 4 aromatic rings. The molecule has 1 unspecified atom stereocenters. The SMILES string of the molecule is CCn1c(=O)n(CC)c2cc(C(=O)C(C)Sc3cc(C)c4ccccc4n3)ccc21. The molecule has 30 heavy (non-hydrogen) atoms. The Morgan fingerprint density at radius 2 is 1.73 bits per heavy atom. The number of hydrogen-bond acceptors (Lipinski definition) is 4. The highest BCUT2D eigenvalue weighted by Crippen LogP contribution is 2.29. The largest absolute Gasteiger partial charge is 0.329 e. The molecule has 0 radical (unpaired) electrons. The molecule has 0 aliphatic heterocycles. The molecule has 154 valence electrons. The number of imidazole rings is 1. The Balaban J connectivity index is 1.66. The first-order valence-corrected chi connectivity index (χ1v) is 11.1. The lowest BCUT2D eigenvalue weighted by Crippen LogP contribution is -2.23. The van der Waals surface area contributed by atoms with Crippen LogP contribution in [-0.4, -0.2) is 25.2 Å². The van der Waals surface area contributed by atoms with Gasteiger partial charge in [-0.05, 0) is 63.6 Å². The third-order valence-electron chi connectivity index (χ3n) is 5.50. The molecule has 0 saturated carbocycles. The van der Waals surface area contributed by atoms with Gasteiger partial charge in [0.15, 0.2) is 5.78 Å². The predicted molar refractivity (Wildman–Crippen MR) is 124 cm³/mol. The zero-order valence-electron chi connectivity index (χ0n) is 17.7. The topological polar surface area (TPSA) is 56.9 Å². The summed E-state index contributed by atoms with van der Waals surface area (Å²) in [6.45, 7) is 9.06. The average Bonchev–Trinajstić information content (AvgIpc) is 3.02. The number of aromatic nitrogens is 3. The van der Waals surface area contributed by atoms with Gasteiger partial charge in [0.25, 0.3) is 0 Å². The van der Waals surface area contributed by atoms with Crippen LogP contribution >= 0.6 is 11.8 Å². The molecule has 2 aromatic heterocycles. The average molecular weight is 420 g/mol. The fourth-order valence-corrected chi connectivity index (χ4v) is 4.93. The van der Waals surface area contributed by atoms with Crippen molar-refractivity contribution in [3.8, 4) is 0 Å². The Morgan fingerprint density at radius 1 is 1.03 bits per heavy atom. The molecule has 2 aromatic carbocycles. The van der Waals surface area contributed by atoms with Crippen LogP contribution in [0.2, 0.25) is 0 Å².